The molecule has 2 N–H and O–H groups in total. The molecule has 0 aliphatic carbocycles. The molecule has 1 aromatic heterocycles. The molecule has 5 heteroatoms. The summed E-state index contributed by atoms with van der Waals surface area (Å²) in [5, 5.41) is 19.4. The van der Waals surface area contributed by atoms with E-state index in [1.165, 1.54) is 18.5 Å². The minimum atomic E-state index is -0.0819. The van der Waals surface area contributed by atoms with Crippen LogP contribution in [0.1, 0.15) is 0 Å². The van der Waals surface area contributed by atoms with E-state index in [4.69, 9.17) is 0 Å². The largest absolute Gasteiger partial charge is 0.508 e. The number of hydrogen-bond donors (Lipinski definition) is 2. The Balaban J connectivity index is 1.68. The lowest BCUT2D eigenvalue weighted by molar-refractivity contribution is 0.451. The van der Waals surface area contributed by atoms with Gasteiger partial charge in [-0.25, -0.2) is 15.0 Å². The number of hydrogen-bond acceptors (Lipinski definition) is 5. The first-order valence-corrected chi connectivity index (χ1v) is 8.08. The summed E-state index contributed by atoms with van der Waals surface area (Å²) in [6, 6.07) is 22.4. The summed E-state index contributed by atoms with van der Waals surface area (Å²) >= 11 is 0. The first-order valence-electron chi connectivity index (χ1n) is 8.08. The monoisotopic (exact) mass is 341 g/mol. The molecular formula is C21H15N3O2. The first-order chi connectivity index (χ1) is 12.7. The quantitative estimate of drug-likeness (QED) is 0.581. The molecule has 1 heterocycles. The third-order valence-corrected chi connectivity index (χ3v) is 4.04. The Morgan fingerprint density at radius 3 is 2.00 bits per heavy atom. The van der Waals surface area contributed by atoms with E-state index in [0.29, 0.717) is 17.2 Å². The topological polar surface area (TPSA) is 79.1 Å². The molecule has 0 atom stereocenters. The summed E-state index contributed by atoms with van der Waals surface area (Å²) in [5.41, 5.74) is 3.54. The Kier molecular flexibility index (Phi) is 4.03. The van der Waals surface area contributed by atoms with Gasteiger partial charge in [0.25, 0.3) is 0 Å². The van der Waals surface area contributed by atoms with Gasteiger partial charge >= 0.3 is 0 Å². The summed E-state index contributed by atoms with van der Waals surface area (Å²) in [5.74, 6) is 0.764. The molecule has 4 aromatic rings. The maximum Gasteiger partial charge on any atom is 0.167 e. The fourth-order valence-electron chi connectivity index (χ4n) is 2.72. The molecule has 3 aromatic carbocycles. The summed E-state index contributed by atoms with van der Waals surface area (Å²) in [7, 11) is 0. The fraction of sp³-hybridized carbons (Fsp3) is 0. The van der Waals surface area contributed by atoms with Gasteiger partial charge in [0.1, 0.15) is 17.8 Å². The average Bonchev–Trinajstić information content (AvgIpc) is 2.69. The van der Waals surface area contributed by atoms with Gasteiger partial charge in [-0.3, -0.25) is 0 Å². The maximum atomic E-state index is 10.0. The lowest BCUT2D eigenvalue weighted by atomic mass is 10.0. The van der Waals surface area contributed by atoms with Gasteiger partial charge in [-0.05, 0) is 23.3 Å². The van der Waals surface area contributed by atoms with Crippen molar-refractivity contribution in [2.45, 2.75) is 0 Å². The predicted octanol–water partition coefficient (Wildman–Crippen LogP) is 4.28. The van der Waals surface area contributed by atoms with Crippen molar-refractivity contribution in [2.24, 2.45) is 0 Å². The van der Waals surface area contributed by atoms with Crippen molar-refractivity contribution in [3.05, 3.63) is 79.1 Å². The van der Waals surface area contributed by atoms with Crippen molar-refractivity contribution in [3.8, 4) is 45.4 Å². The van der Waals surface area contributed by atoms with E-state index in [1.54, 1.807) is 6.07 Å². The van der Waals surface area contributed by atoms with E-state index >= 15 is 0 Å². The zero-order valence-corrected chi connectivity index (χ0v) is 13.7. The Hall–Kier alpha value is -3.73. The summed E-state index contributed by atoms with van der Waals surface area (Å²) in [6.07, 6.45) is 1.41. The number of aromatic hydroxyl groups is 2. The predicted molar refractivity (Wildman–Crippen MR) is 99.5 cm³/mol. The summed E-state index contributed by atoms with van der Waals surface area (Å²) in [6.45, 7) is 0. The van der Waals surface area contributed by atoms with E-state index < -0.39 is 0 Å². The zero-order valence-electron chi connectivity index (χ0n) is 13.7. The molecule has 0 fully saturated rings. The third-order valence-electron chi connectivity index (χ3n) is 4.04. The van der Waals surface area contributed by atoms with Crippen molar-refractivity contribution in [2.75, 3.05) is 0 Å². The zero-order chi connectivity index (χ0) is 17.9. The highest BCUT2D eigenvalue weighted by molar-refractivity contribution is 5.69. The summed E-state index contributed by atoms with van der Waals surface area (Å²) < 4.78 is 0. The highest BCUT2D eigenvalue weighted by Gasteiger charge is 2.11. The van der Waals surface area contributed by atoms with E-state index in [1.807, 2.05) is 42.5 Å². The molecule has 0 bridgehead atoms. The maximum absolute atomic E-state index is 10.0. The van der Waals surface area contributed by atoms with Gasteiger partial charge in [-0.1, -0.05) is 54.6 Å². The molecule has 5 nitrogen and oxygen atoms in total. The van der Waals surface area contributed by atoms with Gasteiger partial charge in [0.05, 0.1) is 5.56 Å². The smallest absolute Gasteiger partial charge is 0.167 e. The molecular weight excluding hydrogens is 326 g/mol. The van der Waals surface area contributed by atoms with Crippen molar-refractivity contribution in [1.29, 1.82) is 0 Å². The Labute approximate surface area is 150 Å². The first kappa shape index (κ1) is 15.8. The van der Waals surface area contributed by atoms with Crippen LogP contribution in [0.3, 0.4) is 0 Å². The standard InChI is InChI=1S/C21H15N3O2/c25-17-10-11-18(19(26)12-17)21-23-13-22-20(24-21)16-8-6-15(7-9-16)14-4-2-1-3-5-14/h1-13,25-26H. The number of aromatic nitrogens is 3. The van der Waals surface area contributed by atoms with Crippen LogP contribution in [0.15, 0.2) is 79.1 Å². The van der Waals surface area contributed by atoms with Gasteiger partial charge in [0.2, 0.25) is 0 Å². The van der Waals surface area contributed by atoms with Gasteiger partial charge in [-0.15, -0.1) is 0 Å². The van der Waals surface area contributed by atoms with Crippen molar-refractivity contribution in [3.63, 3.8) is 0 Å². The van der Waals surface area contributed by atoms with Crippen LogP contribution in [-0.4, -0.2) is 25.2 Å². The molecule has 0 aliphatic rings. The molecule has 0 amide bonds. The SMILES string of the molecule is Oc1ccc(-c2ncnc(-c3ccc(-c4ccccc4)cc3)n2)c(O)c1. The summed E-state index contributed by atoms with van der Waals surface area (Å²) in [4.78, 5) is 12.8. The lowest BCUT2D eigenvalue weighted by Crippen LogP contribution is -1.95. The normalized spacial score (nSPS) is 10.6. The number of rotatable bonds is 3. The van der Waals surface area contributed by atoms with Gasteiger partial charge < -0.3 is 10.2 Å². The second kappa shape index (κ2) is 6.64. The van der Waals surface area contributed by atoms with Crippen LogP contribution in [-0.2, 0) is 0 Å². The Morgan fingerprint density at radius 2 is 1.27 bits per heavy atom. The highest BCUT2D eigenvalue weighted by atomic mass is 16.3. The van der Waals surface area contributed by atoms with Crippen LogP contribution in [0.25, 0.3) is 33.9 Å². The van der Waals surface area contributed by atoms with Gasteiger partial charge in [-0.2, -0.15) is 0 Å². The molecule has 0 radical (unpaired) electrons. The van der Waals surface area contributed by atoms with Crippen LogP contribution >= 0.6 is 0 Å². The second-order valence-corrected chi connectivity index (χ2v) is 5.78. The number of phenolic OH excluding ortho intramolecular Hbond substituents is 2. The van der Waals surface area contributed by atoms with Crippen LogP contribution in [0.4, 0.5) is 0 Å². The third kappa shape index (κ3) is 3.10. The molecule has 26 heavy (non-hydrogen) atoms. The molecule has 0 saturated carbocycles. The number of phenols is 2. The van der Waals surface area contributed by atoms with E-state index in [2.05, 4.69) is 27.1 Å². The second-order valence-electron chi connectivity index (χ2n) is 5.78. The van der Waals surface area contributed by atoms with E-state index in [-0.39, 0.29) is 11.5 Å². The Morgan fingerprint density at radius 1 is 0.615 bits per heavy atom. The van der Waals surface area contributed by atoms with Crippen LogP contribution < -0.4 is 0 Å². The van der Waals surface area contributed by atoms with Crippen LogP contribution in [0, 0.1) is 0 Å². The van der Waals surface area contributed by atoms with E-state index in [9.17, 15) is 10.2 Å². The van der Waals surface area contributed by atoms with Crippen molar-refractivity contribution in [1.82, 2.24) is 15.0 Å². The molecule has 4 rings (SSSR count). The molecule has 0 saturated heterocycles. The number of nitrogens with zero attached hydrogens (tertiary/aromatic N) is 3. The van der Waals surface area contributed by atoms with Crippen molar-refractivity contribution >= 4 is 0 Å². The van der Waals surface area contributed by atoms with Crippen molar-refractivity contribution < 1.29 is 10.2 Å². The fourth-order valence-corrected chi connectivity index (χ4v) is 2.72. The molecule has 0 spiro atoms. The van der Waals surface area contributed by atoms with Crippen LogP contribution in [0.5, 0.6) is 11.5 Å². The minimum absolute atomic E-state index is 0.0166. The van der Waals surface area contributed by atoms with E-state index in [0.717, 1.165) is 16.7 Å². The molecule has 0 aliphatic heterocycles. The molecule has 126 valence electrons. The highest BCUT2D eigenvalue weighted by Crippen LogP contribution is 2.30. The van der Waals surface area contributed by atoms with Gasteiger partial charge in [0, 0.05) is 11.6 Å². The average molecular weight is 341 g/mol. The lowest BCUT2D eigenvalue weighted by Gasteiger charge is -2.06. The molecule has 0 unspecified atom stereocenters. The van der Waals surface area contributed by atoms with Crippen LogP contribution in [0.2, 0.25) is 0 Å². The minimum Gasteiger partial charge on any atom is -0.508 e. The van der Waals surface area contributed by atoms with Gasteiger partial charge in [0.15, 0.2) is 11.6 Å². The number of benzene rings is 3. The Bertz CT molecular complexity index is 1050.